The lowest BCUT2D eigenvalue weighted by molar-refractivity contribution is -0.00576. The Kier molecular flexibility index (Phi) is 5.82. The minimum atomic E-state index is 0.00450. The van der Waals surface area contributed by atoms with E-state index in [0.29, 0.717) is 25.2 Å². The molecule has 0 aliphatic carbocycles. The Morgan fingerprint density at radius 3 is 2.78 bits per heavy atom. The Bertz CT molecular complexity index is 1030. The molecule has 8 heteroatoms. The van der Waals surface area contributed by atoms with Gasteiger partial charge >= 0.3 is 0 Å². The van der Waals surface area contributed by atoms with Crippen molar-refractivity contribution in [3.8, 4) is 11.5 Å². The maximum absolute atomic E-state index is 12.8. The quantitative estimate of drug-likeness (QED) is 0.765. The molecule has 1 N–H and O–H groups in total. The van der Waals surface area contributed by atoms with E-state index in [2.05, 4.69) is 47.7 Å². The minimum Gasteiger partial charge on any atom is -0.454 e. The Morgan fingerprint density at radius 2 is 1.97 bits per heavy atom. The van der Waals surface area contributed by atoms with Gasteiger partial charge in [-0.25, -0.2) is 4.98 Å². The number of H-pyrrole nitrogens is 1. The van der Waals surface area contributed by atoms with Crippen molar-refractivity contribution in [1.29, 1.82) is 0 Å². The summed E-state index contributed by atoms with van der Waals surface area (Å²) in [6, 6.07) is 6.20. The summed E-state index contributed by atoms with van der Waals surface area (Å²) in [6.07, 6.45) is 1.95. The van der Waals surface area contributed by atoms with Crippen molar-refractivity contribution in [3.05, 3.63) is 45.4 Å². The first-order valence-corrected chi connectivity index (χ1v) is 11.6. The zero-order valence-corrected chi connectivity index (χ0v) is 19.1. The first kappa shape index (κ1) is 21.3. The van der Waals surface area contributed by atoms with Gasteiger partial charge in [0.05, 0.1) is 17.9 Å². The predicted molar refractivity (Wildman–Crippen MR) is 121 cm³/mol. The molecule has 0 bridgehead atoms. The summed E-state index contributed by atoms with van der Waals surface area (Å²) in [5, 5.41) is 0. The van der Waals surface area contributed by atoms with Crippen molar-refractivity contribution in [2.45, 2.75) is 52.4 Å². The average Bonchev–Trinajstić information content (AvgIpc) is 3.20. The first-order valence-electron chi connectivity index (χ1n) is 11.6. The van der Waals surface area contributed by atoms with Crippen LogP contribution in [0.4, 0.5) is 5.95 Å². The molecule has 3 aliphatic rings. The van der Waals surface area contributed by atoms with Crippen LogP contribution in [-0.4, -0.2) is 60.0 Å². The number of anilines is 1. The van der Waals surface area contributed by atoms with E-state index in [1.165, 1.54) is 5.56 Å². The van der Waals surface area contributed by atoms with Crippen LogP contribution in [0.2, 0.25) is 0 Å². The van der Waals surface area contributed by atoms with Crippen LogP contribution in [0.3, 0.4) is 0 Å². The van der Waals surface area contributed by atoms with Gasteiger partial charge < -0.3 is 19.1 Å². The van der Waals surface area contributed by atoms with E-state index in [0.717, 1.165) is 61.8 Å². The summed E-state index contributed by atoms with van der Waals surface area (Å²) in [7, 11) is 0. The summed E-state index contributed by atoms with van der Waals surface area (Å²) in [5.41, 5.74) is 3.01. The van der Waals surface area contributed by atoms with Gasteiger partial charge in [-0.15, -0.1) is 0 Å². The molecule has 1 saturated heterocycles. The average molecular weight is 441 g/mol. The normalized spacial score (nSPS) is 23.8. The number of nitrogens with zero attached hydrogens (tertiary/aromatic N) is 3. The maximum atomic E-state index is 12.8. The van der Waals surface area contributed by atoms with Gasteiger partial charge in [0.1, 0.15) is 0 Å². The van der Waals surface area contributed by atoms with E-state index >= 15 is 0 Å². The van der Waals surface area contributed by atoms with E-state index in [1.54, 1.807) is 0 Å². The van der Waals surface area contributed by atoms with Gasteiger partial charge in [-0.2, -0.15) is 0 Å². The lowest BCUT2D eigenvalue weighted by Crippen LogP contribution is -2.47. The molecule has 1 fully saturated rings. The molecule has 1 aromatic carbocycles. The second-order valence-corrected chi connectivity index (χ2v) is 9.46. The van der Waals surface area contributed by atoms with Gasteiger partial charge in [-0.3, -0.25) is 14.7 Å². The number of aromatic amines is 1. The number of rotatable bonds is 5. The lowest BCUT2D eigenvalue weighted by Gasteiger charge is -2.36. The molecule has 2 aromatic rings. The third-order valence-corrected chi connectivity index (χ3v) is 6.45. The van der Waals surface area contributed by atoms with Gasteiger partial charge in [0.15, 0.2) is 11.5 Å². The summed E-state index contributed by atoms with van der Waals surface area (Å²) in [5.74, 6) is 2.81. The molecular formula is C24H32N4O4. The summed E-state index contributed by atoms with van der Waals surface area (Å²) >= 11 is 0. The van der Waals surface area contributed by atoms with Crippen LogP contribution >= 0.6 is 0 Å². The number of nitrogens with one attached hydrogen (secondary N) is 1. The van der Waals surface area contributed by atoms with Crippen molar-refractivity contribution < 1.29 is 14.2 Å². The highest BCUT2D eigenvalue weighted by molar-refractivity contribution is 5.44. The van der Waals surface area contributed by atoms with E-state index in [1.807, 2.05) is 6.07 Å². The predicted octanol–water partition coefficient (Wildman–Crippen LogP) is 2.35. The highest BCUT2D eigenvalue weighted by Gasteiger charge is 2.27. The fourth-order valence-corrected chi connectivity index (χ4v) is 5.11. The number of fused-ring (bicyclic) bond motifs is 2. The van der Waals surface area contributed by atoms with Gasteiger partial charge in [0.2, 0.25) is 12.7 Å². The Labute approximate surface area is 188 Å². The molecule has 3 atom stereocenters. The highest BCUT2D eigenvalue weighted by Crippen LogP contribution is 2.33. The standard InChI is InChI=1S/C24H32N4O4/c1-15(8-18-4-5-21-22(9-18)31-14-30-21)10-27-7-6-19-20(13-27)25-24(26-23(19)29)28-11-16(2)32-17(3)12-28/h4-5,9,15-17H,6-8,10-14H2,1-3H3,(H,25,26,29)/t15-,16-,17-/m0/s1. The second kappa shape index (κ2) is 8.75. The molecule has 5 rings (SSSR count). The number of hydrogen-bond acceptors (Lipinski definition) is 7. The zero-order chi connectivity index (χ0) is 22.2. The molecule has 172 valence electrons. The summed E-state index contributed by atoms with van der Waals surface area (Å²) in [4.78, 5) is 25.2. The highest BCUT2D eigenvalue weighted by atomic mass is 16.7. The number of benzene rings is 1. The summed E-state index contributed by atoms with van der Waals surface area (Å²) in [6.45, 7) is 10.7. The molecule has 0 unspecified atom stereocenters. The monoisotopic (exact) mass is 440 g/mol. The molecule has 0 amide bonds. The zero-order valence-electron chi connectivity index (χ0n) is 19.1. The molecule has 4 heterocycles. The topological polar surface area (TPSA) is 79.9 Å². The van der Waals surface area contributed by atoms with Gasteiger partial charge in [0.25, 0.3) is 5.56 Å². The Balaban J connectivity index is 1.25. The van der Waals surface area contributed by atoms with Gasteiger partial charge in [-0.05, 0) is 50.3 Å². The van der Waals surface area contributed by atoms with Crippen LogP contribution in [0.1, 0.15) is 37.6 Å². The van der Waals surface area contributed by atoms with E-state index in [-0.39, 0.29) is 17.8 Å². The SMILES string of the molecule is C[C@@H](Cc1ccc2c(c1)OCO2)CN1CCc2c(nc(N3C[C@H](C)O[C@@H](C)C3)[nH]c2=O)C1. The number of hydrogen-bond donors (Lipinski definition) is 1. The van der Waals surface area contributed by atoms with Crippen molar-refractivity contribution in [1.82, 2.24) is 14.9 Å². The van der Waals surface area contributed by atoms with Crippen molar-refractivity contribution in [2.75, 3.05) is 37.9 Å². The Hall–Kier alpha value is -2.58. The smallest absolute Gasteiger partial charge is 0.255 e. The molecule has 1 aromatic heterocycles. The third kappa shape index (κ3) is 4.47. The lowest BCUT2D eigenvalue weighted by atomic mass is 9.98. The van der Waals surface area contributed by atoms with Crippen molar-refractivity contribution >= 4 is 5.95 Å². The number of ether oxygens (including phenoxy) is 3. The molecule has 8 nitrogen and oxygen atoms in total. The van der Waals surface area contributed by atoms with E-state index in [9.17, 15) is 4.79 Å². The number of morpholine rings is 1. The maximum Gasteiger partial charge on any atom is 0.255 e. The molecular weight excluding hydrogens is 408 g/mol. The summed E-state index contributed by atoms with van der Waals surface area (Å²) < 4.78 is 16.8. The molecule has 0 radical (unpaired) electrons. The molecule has 0 saturated carbocycles. The van der Waals surface area contributed by atoms with Crippen molar-refractivity contribution in [2.24, 2.45) is 5.92 Å². The molecule has 32 heavy (non-hydrogen) atoms. The van der Waals surface area contributed by atoms with E-state index < -0.39 is 0 Å². The largest absolute Gasteiger partial charge is 0.454 e. The number of aromatic nitrogens is 2. The molecule has 0 spiro atoms. The minimum absolute atomic E-state index is 0.00450. The Morgan fingerprint density at radius 1 is 1.19 bits per heavy atom. The van der Waals surface area contributed by atoms with Crippen LogP contribution in [0.5, 0.6) is 11.5 Å². The van der Waals surface area contributed by atoms with Crippen LogP contribution < -0.4 is 19.9 Å². The van der Waals surface area contributed by atoms with Crippen molar-refractivity contribution in [3.63, 3.8) is 0 Å². The van der Waals surface area contributed by atoms with Crippen LogP contribution in [0.25, 0.3) is 0 Å². The van der Waals surface area contributed by atoms with Crippen LogP contribution in [0, 0.1) is 5.92 Å². The van der Waals surface area contributed by atoms with Crippen LogP contribution in [0.15, 0.2) is 23.0 Å². The van der Waals surface area contributed by atoms with E-state index in [4.69, 9.17) is 19.2 Å². The fraction of sp³-hybridized carbons (Fsp3) is 0.583. The fourth-order valence-electron chi connectivity index (χ4n) is 5.11. The third-order valence-electron chi connectivity index (χ3n) is 6.45. The first-order chi connectivity index (χ1) is 15.4. The van der Waals surface area contributed by atoms with Gasteiger partial charge in [-0.1, -0.05) is 13.0 Å². The van der Waals surface area contributed by atoms with Crippen LogP contribution in [-0.2, 0) is 24.1 Å². The van der Waals surface area contributed by atoms with Gasteiger partial charge in [0, 0.05) is 38.3 Å². The molecule has 3 aliphatic heterocycles. The second-order valence-electron chi connectivity index (χ2n) is 9.46.